The van der Waals surface area contributed by atoms with E-state index in [4.69, 9.17) is 4.74 Å². The Hall–Kier alpha value is -3.42. The highest BCUT2D eigenvalue weighted by molar-refractivity contribution is 5.94. The fourth-order valence-electron chi connectivity index (χ4n) is 2.84. The first-order valence-electron chi connectivity index (χ1n) is 9.06. The third kappa shape index (κ3) is 6.03. The number of fused-ring (bicyclic) bond motifs is 1. The van der Waals surface area contributed by atoms with Gasteiger partial charge in [-0.3, -0.25) is 9.59 Å². The minimum Gasteiger partial charge on any atom is -0.492 e. The number of carbonyl (C=O) groups is 2. The lowest BCUT2D eigenvalue weighted by molar-refractivity contribution is -0.117. The van der Waals surface area contributed by atoms with Crippen molar-refractivity contribution in [3.8, 4) is 11.5 Å². The van der Waals surface area contributed by atoms with E-state index < -0.39 is 6.61 Å². The predicted octanol–water partition coefficient (Wildman–Crippen LogP) is 3.38. The van der Waals surface area contributed by atoms with E-state index in [-0.39, 0.29) is 30.7 Å². The fourth-order valence-corrected chi connectivity index (χ4v) is 2.84. The molecule has 29 heavy (non-hydrogen) atoms. The Morgan fingerprint density at radius 1 is 1.21 bits per heavy atom. The van der Waals surface area contributed by atoms with Gasteiger partial charge >= 0.3 is 6.61 Å². The Balaban J connectivity index is 1.45. The Morgan fingerprint density at radius 3 is 2.86 bits per heavy atom. The van der Waals surface area contributed by atoms with E-state index in [1.165, 1.54) is 18.2 Å². The van der Waals surface area contributed by atoms with Crippen LogP contribution in [0, 0.1) is 0 Å². The summed E-state index contributed by atoms with van der Waals surface area (Å²) in [6.45, 7) is -2.41. The number of nitrogens with one attached hydrogen (secondary N) is 2. The molecule has 2 aromatic carbocycles. The molecule has 0 radical (unpaired) electrons. The Kier molecular flexibility index (Phi) is 6.78. The minimum absolute atomic E-state index is 0.00140. The van der Waals surface area contributed by atoms with Crippen LogP contribution in [0.4, 0.5) is 14.5 Å². The molecule has 0 aromatic heterocycles. The molecule has 8 heteroatoms. The number of rotatable bonds is 8. The van der Waals surface area contributed by atoms with Crippen LogP contribution in [0.5, 0.6) is 11.5 Å². The average molecular weight is 402 g/mol. The van der Waals surface area contributed by atoms with Crippen molar-refractivity contribution in [1.29, 1.82) is 0 Å². The largest absolute Gasteiger partial charge is 0.492 e. The molecule has 2 N–H and O–H groups in total. The van der Waals surface area contributed by atoms with Crippen molar-refractivity contribution in [3.05, 3.63) is 59.7 Å². The van der Waals surface area contributed by atoms with E-state index in [1.807, 2.05) is 6.07 Å². The second-order valence-electron chi connectivity index (χ2n) is 6.26. The predicted molar refractivity (Wildman–Crippen MR) is 104 cm³/mol. The van der Waals surface area contributed by atoms with Gasteiger partial charge in [0.15, 0.2) is 0 Å². The number of carbonyl (C=O) groups excluding carboxylic acids is 2. The van der Waals surface area contributed by atoms with Gasteiger partial charge in [-0.05, 0) is 42.3 Å². The molecule has 0 spiro atoms. The van der Waals surface area contributed by atoms with Crippen LogP contribution in [-0.2, 0) is 16.0 Å². The average Bonchev–Trinajstić information content (AvgIpc) is 2.70. The fraction of sp³-hybridized carbons (Fsp3) is 0.238. The smallest absolute Gasteiger partial charge is 0.387 e. The number of benzene rings is 2. The van der Waals surface area contributed by atoms with E-state index in [1.54, 1.807) is 30.3 Å². The summed E-state index contributed by atoms with van der Waals surface area (Å²) in [6.07, 6.45) is 3.77. The van der Waals surface area contributed by atoms with Crippen molar-refractivity contribution in [2.75, 3.05) is 18.5 Å². The third-order valence-electron chi connectivity index (χ3n) is 4.19. The molecule has 0 saturated carbocycles. The molecule has 0 bridgehead atoms. The second-order valence-corrected chi connectivity index (χ2v) is 6.26. The zero-order valence-corrected chi connectivity index (χ0v) is 15.5. The molecular formula is C21H20F2N2O4. The maximum absolute atomic E-state index is 12.4. The molecule has 2 amide bonds. The van der Waals surface area contributed by atoms with E-state index in [2.05, 4.69) is 15.4 Å². The molecule has 0 atom stereocenters. The van der Waals surface area contributed by atoms with E-state index >= 15 is 0 Å². The quantitative estimate of drug-likeness (QED) is 0.524. The van der Waals surface area contributed by atoms with Gasteiger partial charge in [0, 0.05) is 23.7 Å². The first-order valence-corrected chi connectivity index (χ1v) is 9.06. The van der Waals surface area contributed by atoms with Crippen molar-refractivity contribution in [2.24, 2.45) is 0 Å². The zero-order chi connectivity index (χ0) is 20.6. The summed E-state index contributed by atoms with van der Waals surface area (Å²) in [4.78, 5) is 23.3. The molecule has 0 unspecified atom stereocenters. The molecule has 1 aliphatic rings. The highest BCUT2D eigenvalue weighted by atomic mass is 19.3. The normalized spacial score (nSPS) is 13.1. The maximum Gasteiger partial charge on any atom is 0.387 e. The van der Waals surface area contributed by atoms with E-state index in [9.17, 15) is 18.4 Å². The van der Waals surface area contributed by atoms with Crippen molar-refractivity contribution in [1.82, 2.24) is 5.32 Å². The number of amides is 2. The highest BCUT2D eigenvalue weighted by Gasteiger charge is 2.15. The topological polar surface area (TPSA) is 76.7 Å². The molecule has 0 aliphatic carbocycles. The summed E-state index contributed by atoms with van der Waals surface area (Å²) in [5, 5.41) is 5.46. The van der Waals surface area contributed by atoms with Crippen molar-refractivity contribution in [3.63, 3.8) is 0 Å². The highest BCUT2D eigenvalue weighted by Crippen LogP contribution is 2.26. The van der Waals surface area contributed by atoms with Gasteiger partial charge in [0.1, 0.15) is 18.1 Å². The second kappa shape index (κ2) is 9.68. The van der Waals surface area contributed by atoms with Crippen molar-refractivity contribution >= 4 is 23.6 Å². The van der Waals surface area contributed by atoms with Crippen LogP contribution < -0.4 is 20.1 Å². The zero-order valence-electron chi connectivity index (χ0n) is 15.5. The van der Waals surface area contributed by atoms with Gasteiger partial charge in [0.2, 0.25) is 11.8 Å². The SMILES string of the molecule is O=C(/C=C/c1ccccc1OC(F)F)NCCOc1ccc2c(c1)CCC(=O)N2. The van der Waals surface area contributed by atoms with Gasteiger partial charge in [-0.2, -0.15) is 8.78 Å². The first-order chi connectivity index (χ1) is 14.0. The van der Waals surface area contributed by atoms with Gasteiger partial charge in [-0.1, -0.05) is 18.2 Å². The Labute approximate surface area is 166 Å². The monoisotopic (exact) mass is 402 g/mol. The summed E-state index contributed by atoms with van der Waals surface area (Å²) in [5.74, 6) is 0.278. The van der Waals surface area contributed by atoms with E-state index in [0.717, 1.165) is 11.3 Å². The van der Waals surface area contributed by atoms with Gasteiger partial charge in [0.05, 0.1) is 6.54 Å². The van der Waals surface area contributed by atoms with Crippen LogP contribution in [-0.4, -0.2) is 31.6 Å². The van der Waals surface area contributed by atoms with Crippen LogP contribution in [0.3, 0.4) is 0 Å². The summed E-state index contributed by atoms with van der Waals surface area (Å²) in [6, 6.07) is 11.6. The van der Waals surface area contributed by atoms with Gasteiger partial charge in [0.25, 0.3) is 0 Å². The summed E-state index contributed by atoms with van der Waals surface area (Å²) < 4.78 is 34.8. The number of halogens is 2. The number of hydrogen-bond donors (Lipinski definition) is 2. The molecule has 6 nitrogen and oxygen atoms in total. The number of ether oxygens (including phenoxy) is 2. The molecule has 2 aromatic rings. The summed E-state index contributed by atoms with van der Waals surface area (Å²) in [5.41, 5.74) is 2.18. The lowest BCUT2D eigenvalue weighted by atomic mass is 10.0. The van der Waals surface area contributed by atoms with Crippen molar-refractivity contribution in [2.45, 2.75) is 19.5 Å². The third-order valence-corrected chi connectivity index (χ3v) is 4.19. The number of aryl methyl sites for hydroxylation is 1. The van der Waals surface area contributed by atoms with Crippen LogP contribution in [0.1, 0.15) is 17.5 Å². The van der Waals surface area contributed by atoms with Gasteiger partial charge < -0.3 is 20.1 Å². The van der Waals surface area contributed by atoms with Crippen LogP contribution in [0.15, 0.2) is 48.5 Å². The standard InChI is InChI=1S/C21H20F2N2O4/c22-21(23)29-18-4-2-1-3-14(18)5-9-19(26)24-11-12-28-16-7-8-17-15(13-16)6-10-20(27)25-17/h1-5,7-9,13,21H,6,10-12H2,(H,24,26)(H,25,27)/b9-5+. The molecule has 3 rings (SSSR count). The molecule has 1 heterocycles. The number of para-hydroxylation sites is 1. The van der Waals surface area contributed by atoms with Crippen molar-refractivity contribution < 1.29 is 27.8 Å². The maximum atomic E-state index is 12.4. The van der Waals surface area contributed by atoms with Gasteiger partial charge in [-0.25, -0.2) is 0 Å². The number of anilines is 1. The first kappa shape index (κ1) is 20.3. The lowest BCUT2D eigenvalue weighted by Gasteiger charge is -2.17. The van der Waals surface area contributed by atoms with Crippen LogP contribution in [0.25, 0.3) is 6.08 Å². The summed E-state index contributed by atoms with van der Waals surface area (Å²) >= 11 is 0. The van der Waals surface area contributed by atoms with Crippen LogP contribution >= 0.6 is 0 Å². The van der Waals surface area contributed by atoms with Gasteiger partial charge in [-0.15, -0.1) is 0 Å². The van der Waals surface area contributed by atoms with E-state index in [0.29, 0.717) is 24.2 Å². The van der Waals surface area contributed by atoms with Crippen LogP contribution in [0.2, 0.25) is 0 Å². The Bertz CT molecular complexity index is 915. The number of alkyl halides is 2. The lowest BCUT2D eigenvalue weighted by Crippen LogP contribution is -2.26. The molecule has 1 aliphatic heterocycles. The molecule has 0 saturated heterocycles. The summed E-state index contributed by atoms with van der Waals surface area (Å²) in [7, 11) is 0. The number of hydrogen-bond acceptors (Lipinski definition) is 4. The Morgan fingerprint density at radius 2 is 2.03 bits per heavy atom. The molecule has 152 valence electrons. The molecular weight excluding hydrogens is 382 g/mol. The minimum atomic E-state index is -2.93. The molecule has 0 fully saturated rings.